The van der Waals surface area contributed by atoms with Crippen LogP contribution in [0.2, 0.25) is 0 Å². The van der Waals surface area contributed by atoms with Crippen LogP contribution in [0.4, 0.5) is 11.4 Å². The molecule has 7 heteroatoms. The van der Waals surface area contributed by atoms with Crippen molar-refractivity contribution in [3.63, 3.8) is 0 Å². The molecule has 2 N–H and O–H groups in total. The summed E-state index contributed by atoms with van der Waals surface area (Å²) in [4.78, 5) is 12.5. The van der Waals surface area contributed by atoms with Crippen molar-refractivity contribution in [2.24, 2.45) is 0 Å². The second-order valence-corrected chi connectivity index (χ2v) is 7.33. The van der Waals surface area contributed by atoms with E-state index in [0.717, 1.165) is 0 Å². The van der Waals surface area contributed by atoms with Gasteiger partial charge in [-0.15, -0.1) is 0 Å². The molecule has 3 rings (SSSR count). The van der Waals surface area contributed by atoms with Gasteiger partial charge in [0.05, 0.1) is 17.6 Å². The number of sulfonamides is 1. The van der Waals surface area contributed by atoms with Crippen LogP contribution in [0.3, 0.4) is 0 Å². The van der Waals surface area contributed by atoms with Crippen LogP contribution < -0.4 is 14.8 Å². The van der Waals surface area contributed by atoms with Crippen LogP contribution in [0, 0.1) is 0 Å². The molecule has 0 aliphatic heterocycles. The van der Waals surface area contributed by atoms with Crippen molar-refractivity contribution in [3.05, 3.63) is 84.4 Å². The van der Waals surface area contributed by atoms with Gasteiger partial charge in [-0.1, -0.05) is 30.3 Å². The molecule has 0 spiro atoms. The number of hydrogen-bond donors (Lipinski definition) is 2. The Bertz CT molecular complexity index is 1030. The highest BCUT2D eigenvalue weighted by Crippen LogP contribution is 2.21. The summed E-state index contributed by atoms with van der Waals surface area (Å²) in [6.45, 7) is 0. The minimum atomic E-state index is -3.70. The Morgan fingerprint density at radius 3 is 2.11 bits per heavy atom. The largest absolute Gasteiger partial charge is 0.496 e. The van der Waals surface area contributed by atoms with Gasteiger partial charge in [0.25, 0.3) is 15.9 Å². The maximum absolute atomic E-state index is 12.4. The number of para-hydroxylation sites is 2. The lowest BCUT2D eigenvalue weighted by molar-refractivity contribution is 0.102. The fraction of sp³-hybridized carbons (Fsp3) is 0.0500. The van der Waals surface area contributed by atoms with Crippen LogP contribution in [0.25, 0.3) is 0 Å². The summed E-state index contributed by atoms with van der Waals surface area (Å²) in [5.74, 6) is 0.117. The second-order valence-electron chi connectivity index (χ2n) is 5.65. The first-order valence-corrected chi connectivity index (χ1v) is 9.60. The molecule has 0 bridgehead atoms. The Morgan fingerprint density at radius 1 is 0.815 bits per heavy atom. The molecule has 0 aliphatic rings. The molecular weight excluding hydrogens is 364 g/mol. The average Bonchev–Trinajstić information content (AvgIpc) is 2.68. The fourth-order valence-corrected chi connectivity index (χ4v) is 3.53. The summed E-state index contributed by atoms with van der Waals surface area (Å²) >= 11 is 0. The van der Waals surface area contributed by atoms with Crippen molar-refractivity contribution in [2.75, 3.05) is 17.1 Å². The van der Waals surface area contributed by atoms with Gasteiger partial charge in [-0.2, -0.15) is 0 Å². The highest BCUT2D eigenvalue weighted by molar-refractivity contribution is 7.92. The summed E-state index contributed by atoms with van der Waals surface area (Å²) in [5.41, 5.74) is 1.35. The number of methoxy groups -OCH3 is 1. The van der Waals surface area contributed by atoms with E-state index in [1.54, 1.807) is 54.6 Å². The molecule has 6 nitrogen and oxygen atoms in total. The molecule has 138 valence electrons. The van der Waals surface area contributed by atoms with Crippen molar-refractivity contribution >= 4 is 27.3 Å². The van der Waals surface area contributed by atoms with E-state index >= 15 is 0 Å². The van der Waals surface area contributed by atoms with Crippen molar-refractivity contribution < 1.29 is 17.9 Å². The molecule has 1 amide bonds. The Labute approximate surface area is 157 Å². The zero-order chi connectivity index (χ0) is 19.3. The van der Waals surface area contributed by atoms with Gasteiger partial charge in [-0.05, 0) is 48.5 Å². The quantitative estimate of drug-likeness (QED) is 0.680. The van der Waals surface area contributed by atoms with Crippen LogP contribution in [0.1, 0.15) is 10.4 Å². The van der Waals surface area contributed by atoms with Crippen molar-refractivity contribution in [1.82, 2.24) is 0 Å². The third-order valence-corrected chi connectivity index (χ3v) is 5.20. The van der Waals surface area contributed by atoms with Gasteiger partial charge in [0.1, 0.15) is 5.75 Å². The number of anilines is 2. The fourth-order valence-electron chi connectivity index (χ4n) is 2.47. The van der Waals surface area contributed by atoms with Crippen molar-refractivity contribution in [1.29, 1.82) is 0 Å². The molecule has 0 radical (unpaired) electrons. The first kappa shape index (κ1) is 18.5. The second kappa shape index (κ2) is 7.92. The van der Waals surface area contributed by atoms with Crippen LogP contribution >= 0.6 is 0 Å². The van der Waals surface area contributed by atoms with Gasteiger partial charge >= 0.3 is 0 Å². The van der Waals surface area contributed by atoms with Gasteiger partial charge in [-0.25, -0.2) is 8.42 Å². The first-order chi connectivity index (χ1) is 13.0. The third kappa shape index (κ3) is 4.45. The zero-order valence-electron chi connectivity index (χ0n) is 14.5. The number of carbonyl (C=O) groups is 1. The topological polar surface area (TPSA) is 84.5 Å². The molecular formula is C20H18N2O4S. The predicted molar refractivity (Wildman–Crippen MR) is 105 cm³/mol. The number of benzene rings is 3. The maximum atomic E-state index is 12.4. The molecule has 3 aromatic rings. The molecule has 0 aliphatic carbocycles. The van der Waals surface area contributed by atoms with Crippen LogP contribution in [0.15, 0.2) is 83.8 Å². The Morgan fingerprint density at radius 2 is 1.44 bits per heavy atom. The van der Waals surface area contributed by atoms with Crippen LogP contribution in [0.5, 0.6) is 5.75 Å². The maximum Gasteiger partial charge on any atom is 0.261 e. The number of amides is 1. The number of nitrogens with one attached hydrogen (secondary N) is 2. The van der Waals surface area contributed by atoms with E-state index in [1.807, 2.05) is 0 Å². The van der Waals surface area contributed by atoms with E-state index in [0.29, 0.717) is 22.7 Å². The lowest BCUT2D eigenvalue weighted by Crippen LogP contribution is -2.14. The monoisotopic (exact) mass is 382 g/mol. The molecule has 0 saturated carbocycles. The summed E-state index contributed by atoms with van der Waals surface area (Å²) in [7, 11) is -2.21. The normalized spacial score (nSPS) is 10.9. The number of carbonyl (C=O) groups excluding carboxylic acids is 1. The van der Waals surface area contributed by atoms with E-state index in [9.17, 15) is 13.2 Å². The minimum Gasteiger partial charge on any atom is -0.496 e. The SMILES string of the molecule is COc1ccccc1C(=O)Nc1ccc(S(=O)(=O)Nc2ccccc2)cc1. The highest BCUT2D eigenvalue weighted by Gasteiger charge is 2.15. The molecule has 0 fully saturated rings. The van der Waals surface area contributed by atoms with E-state index in [2.05, 4.69) is 10.0 Å². The summed E-state index contributed by atoms with van der Waals surface area (Å²) in [6.07, 6.45) is 0. The van der Waals surface area contributed by atoms with Gasteiger partial charge < -0.3 is 10.1 Å². The Hall–Kier alpha value is -3.32. The highest BCUT2D eigenvalue weighted by atomic mass is 32.2. The molecule has 0 aromatic heterocycles. The van der Waals surface area contributed by atoms with Gasteiger partial charge in [0.2, 0.25) is 0 Å². The number of hydrogen-bond acceptors (Lipinski definition) is 4. The van der Waals surface area contributed by atoms with E-state index in [4.69, 9.17) is 4.74 Å². The lowest BCUT2D eigenvalue weighted by atomic mass is 10.2. The Kier molecular flexibility index (Phi) is 5.42. The molecule has 3 aromatic carbocycles. The van der Waals surface area contributed by atoms with Gasteiger partial charge in [0.15, 0.2) is 0 Å². The smallest absolute Gasteiger partial charge is 0.261 e. The van der Waals surface area contributed by atoms with Gasteiger partial charge in [-0.3, -0.25) is 9.52 Å². The van der Waals surface area contributed by atoms with Crippen molar-refractivity contribution in [3.8, 4) is 5.75 Å². The van der Waals surface area contributed by atoms with Crippen LogP contribution in [-0.4, -0.2) is 21.4 Å². The third-order valence-electron chi connectivity index (χ3n) is 3.80. The molecule has 27 heavy (non-hydrogen) atoms. The van der Waals surface area contributed by atoms with E-state index in [-0.39, 0.29) is 10.8 Å². The zero-order valence-corrected chi connectivity index (χ0v) is 15.4. The summed E-state index contributed by atoms with van der Waals surface area (Å²) in [5, 5.41) is 2.73. The number of rotatable bonds is 6. The minimum absolute atomic E-state index is 0.0987. The van der Waals surface area contributed by atoms with Crippen LogP contribution in [-0.2, 0) is 10.0 Å². The molecule has 0 heterocycles. The van der Waals surface area contributed by atoms with E-state index < -0.39 is 10.0 Å². The molecule has 0 unspecified atom stereocenters. The lowest BCUT2D eigenvalue weighted by Gasteiger charge is -2.11. The number of ether oxygens (including phenoxy) is 1. The average molecular weight is 382 g/mol. The van der Waals surface area contributed by atoms with E-state index in [1.165, 1.54) is 31.4 Å². The Balaban J connectivity index is 1.74. The van der Waals surface area contributed by atoms with Crippen molar-refractivity contribution in [2.45, 2.75) is 4.90 Å². The summed E-state index contributed by atoms with van der Waals surface area (Å²) < 4.78 is 32.5. The molecule has 0 atom stereocenters. The first-order valence-electron chi connectivity index (χ1n) is 8.12. The predicted octanol–water partition coefficient (Wildman–Crippen LogP) is 3.75. The van der Waals surface area contributed by atoms with Gasteiger partial charge in [0, 0.05) is 11.4 Å². The summed E-state index contributed by atoms with van der Waals surface area (Å²) in [6, 6.07) is 21.4. The molecule has 0 saturated heterocycles. The standard InChI is InChI=1S/C20H18N2O4S/c1-26-19-10-6-5-9-18(19)20(23)21-15-11-13-17(14-12-15)27(24,25)22-16-7-3-2-4-8-16/h2-14,22H,1H3,(H,21,23).